The summed E-state index contributed by atoms with van der Waals surface area (Å²) in [5.74, 6) is 2.67. The molecular formula is C25H31Cl2HfSi. The van der Waals surface area contributed by atoms with Crippen LogP contribution in [0.25, 0.3) is 0 Å². The van der Waals surface area contributed by atoms with Gasteiger partial charge in [0.25, 0.3) is 0 Å². The van der Waals surface area contributed by atoms with E-state index in [0.29, 0.717) is 0 Å². The summed E-state index contributed by atoms with van der Waals surface area (Å²) < 4.78 is 2.21. The van der Waals surface area contributed by atoms with Crippen LogP contribution in [0.5, 0.6) is 0 Å². The molecule has 0 aromatic heterocycles. The molecule has 2 fully saturated rings. The molecule has 0 bridgehead atoms. The standard InChI is InChI=1S/2C9H11.C7H9Si.2ClH.Hf/c2*1-2-5-9-7-3-6-8(9)4-1;1-8-7-5-3-2-4-6-7;;;/h2*1-2,4-6,8-9H,3,7H2;2-6,8H,1H3;2*1H;/q;;;;;+2/p-2. The fourth-order valence-electron chi connectivity index (χ4n) is 6.54. The van der Waals surface area contributed by atoms with Crippen LogP contribution in [-0.4, -0.2) is 5.98 Å². The first-order chi connectivity index (χ1) is 13.3. The molecule has 0 amide bonds. The van der Waals surface area contributed by atoms with Gasteiger partial charge in [0.05, 0.1) is 0 Å². The zero-order chi connectivity index (χ0) is 18.2. The Hall–Kier alpha value is -0.153. The molecule has 7 atom stereocenters. The van der Waals surface area contributed by atoms with Crippen LogP contribution in [0.2, 0.25) is 13.9 Å². The van der Waals surface area contributed by atoms with Gasteiger partial charge in [0.2, 0.25) is 0 Å². The summed E-state index contributed by atoms with van der Waals surface area (Å²) in [6, 6.07) is 11.8. The number of allylic oxidation sites excluding steroid dienone is 8. The second kappa shape index (κ2) is 10.4. The molecule has 4 aliphatic rings. The van der Waals surface area contributed by atoms with Gasteiger partial charge in [0.15, 0.2) is 0 Å². The van der Waals surface area contributed by atoms with Gasteiger partial charge in [-0.05, 0) is 0 Å². The predicted molar refractivity (Wildman–Crippen MR) is 116 cm³/mol. The topological polar surface area (TPSA) is 0 Å². The Balaban J connectivity index is 0.00000120. The largest absolute Gasteiger partial charge is 1.00 e. The molecule has 4 heteroatoms. The molecule has 0 aliphatic heterocycles. The molecule has 0 heterocycles. The summed E-state index contributed by atoms with van der Waals surface area (Å²) in [4.78, 5) is 0. The maximum Gasteiger partial charge on any atom is -1.00 e. The molecule has 4 aliphatic carbocycles. The second-order valence-electron chi connectivity index (χ2n) is 9.02. The minimum atomic E-state index is -1.84. The average Bonchev–Trinajstić information content (AvgIpc) is 3.34. The normalized spacial score (nSPS) is 34.7. The van der Waals surface area contributed by atoms with Crippen molar-refractivity contribution in [1.82, 2.24) is 0 Å². The fraction of sp³-hybridized carbons (Fsp3) is 0.440. The molecule has 0 N–H and O–H groups in total. The van der Waals surface area contributed by atoms with Crippen molar-refractivity contribution in [2.75, 3.05) is 0 Å². The molecule has 1 aromatic rings. The van der Waals surface area contributed by atoms with E-state index in [1.54, 1.807) is 5.19 Å². The number of halogens is 2. The zero-order valence-electron chi connectivity index (χ0n) is 17.1. The van der Waals surface area contributed by atoms with Gasteiger partial charge in [0, 0.05) is 0 Å². The molecule has 7 unspecified atom stereocenters. The van der Waals surface area contributed by atoms with Crippen LogP contribution in [0.3, 0.4) is 0 Å². The third-order valence-corrected chi connectivity index (χ3v) is 42.6. The summed E-state index contributed by atoms with van der Waals surface area (Å²) in [6.07, 6.45) is 25.6. The van der Waals surface area contributed by atoms with Crippen LogP contribution in [0.4, 0.5) is 0 Å². The van der Waals surface area contributed by atoms with Crippen LogP contribution in [0.1, 0.15) is 25.7 Å². The number of benzene rings is 1. The van der Waals surface area contributed by atoms with E-state index in [2.05, 4.69) is 85.5 Å². The third kappa shape index (κ3) is 4.56. The van der Waals surface area contributed by atoms with Gasteiger partial charge < -0.3 is 24.8 Å². The van der Waals surface area contributed by atoms with Gasteiger partial charge in [-0.15, -0.1) is 0 Å². The maximum atomic E-state index is 2.75. The van der Waals surface area contributed by atoms with Gasteiger partial charge in [0.1, 0.15) is 0 Å². The molecule has 0 saturated heterocycles. The average molecular weight is 609 g/mol. The number of hydrogen-bond acceptors (Lipinski definition) is 0. The molecule has 153 valence electrons. The first-order valence-corrected chi connectivity index (χ1v) is 23.6. The smallest absolute Gasteiger partial charge is 1.00 e. The molecular weight excluding hydrogens is 578 g/mol. The van der Waals surface area contributed by atoms with E-state index in [-0.39, 0.29) is 24.8 Å². The van der Waals surface area contributed by atoms with E-state index in [4.69, 9.17) is 0 Å². The van der Waals surface area contributed by atoms with Crippen LogP contribution in [0, 0.1) is 23.7 Å². The van der Waals surface area contributed by atoms with Gasteiger partial charge in [-0.2, -0.15) is 0 Å². The molecule has 1 aromatic carbocycles. The van der Waals surface area contributed by atoms with Gasteiger partial charge >= 0.3 is 174 Å². The van der Waals surface area contributed by atoms with Gasteiger partial charge in [-0.25, -0.2) is 0 Å². The minimum Gasteiger partial charge on any atom is -1.00 e. The molecule has 5 rings (SSSR count). The molecule has 0 nitrogen and oxygen atoms in total. The summed E-state index contributed by atoms with van der Waals surface area (Å²) in [5.41, 5.74) is 0. The van der Waals surface area contributed by atoms with Crippen molar-refractivity contribution in [2.24, 2.45) is 23.7 Å². The second-order valence-corrected chi connectivity index (χ2v) is 34.8. The van der Waals surface area contributed by atoms with Crippen molar-refractivity contribution in [2.45, 2.75) is 39.6 Å². The van der Waals surface area contributed by atoms with E-state index in [9.17, 15) is 0 Å². The quantitative estimate of drug-likeness (QED) is 0.414. The van der Waals surface area contributed by atoms with E-state index >= 15 is 0 Å². The van der Waals surface area contributed by atoms with E-state index in [0.717, 1.165) is 31.0 Å². The Bertz CT molecular complexity index is 743. The predicted octanol–water partition coefficient (Wildman–Crippen LogP) is -0.245. The van der Waals surface area contributed by atoms with E-state index < -0.39 is 26.6 Å². The Labute approximate surface area is 197 Å². The number of hydrogen-bond donors (Lipinski definition) is 0. The monoisotopic (exact) mass is 609 g/mol. The Kier molecular flexibility index (Phi) is 8.46. The number of fused-ring (bicyclic) bond motifs is 2. The summed E-state index contributed by atoms with van der Waals surface area (Å²) in [6.45, 7) is 2.75. The fourth-order valence-corrected chi connectivity index (χ4v) is 46.8. The molecule has 0 spiro atoms. The summed E-state index contributed by atoms with van der Waals surface area (Å²) >= 11 is -1.84. The van der Waals surface area contributed by atoms with Crippen molar-refractivity contribution >= 4 is 11.2 Å². The first-order valence-electron chi connectivity index (χ1n) is 10.9. The Morgan fingerprint density at radius 2 is 1.17 bits per heavy atom. The van der Waals surface area contributed by atoms with Gasteiger partial charge in [-0.1, -0.05) is 0 Å². The zero-order valence-corrected chi connectivity index (χ0v) is 23.4. The van der Waals surface area contributed by atoms with Crippen molar-refractivity contribution in [1.29, 1.82) is 0 Å². The SMILES string of the molecule is C[SiH](c1ccccc1)[Hf+2]([CH]1CCC2C=CC=CC21)[CH]1CCC2C=CC=CC21.[Cl-].[Cl-]. The minimum absolute atomic E-state index is 0. The maximum absolute atomic E-state index is 2.75. The molecule has 29 heavy (non-hydrogen) atoms. The Morgan fingerprint density at radius 3 is 1.69 bits per heavy atom. The van der Waals surface area contributed by atoms with E-state index in [1.807, 2.05) is 0 Å². The first kappa shape index (κ1) is 23.5. The molecule has 0 radical (unpaired) electrons. The van der Waals surface area contributed by atoms with Crippen LogP contribution < -0.4 is 30.0 Å². The number of rotatable bonds is 4. The van der Waals surface area contributed by atoms with Crippen LogP contribution in [0.15, 0.2) is 78.9 Å². The Morgan fingerprint density at radius 1 is 0.690 bits per heavy atom. The summed E-state index contributed by atoms with van der Waals surface area (Å²) in [5, 5.41) is 1.78. The van der Waals surface area contributed by atoms with Crippen LogP contribution >= 0.6 is 0 Å². The van der Waals surface area contributed by atoms with Crippen molar-refractivity contribution in [3.8, 4) is 0 Å². The van der Waals surface area contributed by atoms with E-state index in [1.165, 1.54) is 25.7 Å². The summed E-state index contributed by atoms with van der Waals surface area (Å²) in [7, 11) is 0. The third-order valence-electron chi connectivity index (χ3n) is 7.80. The van der Waals surface area contributed by atoms with Crippen molar-refractivity contribution < 1.29 is 45.4 Å². The van der Waals surface area contributed by atoms with Crippen molar-refractivity contribution in [3.05, 3.63) is 78.9 Å². The van der Waals surface area contributed by atoms with Gasteiger partial charge in [-0.3, -0.25) is 0 Å². The van der Waals surface area contributed by atoms with Crippen molar-refractivity contribution in [3.63, 3.8) is 0 Å². The molecule has 2 saturated carbocycles. The van der Waals surface area contributed by atoms with Crippen LogP contribution in [-0.2, 0) is 20.6 Å².